The summed E-state index contributed by atoms with van der Waals surface area (Å²) in [5.74, 6) is 0.857. The third-order valence-corrected chi connectivity index (χ3v) is 25.3. The van der Waals surface area contributed by atoms with Crippen LogP contribution in [0.5, 0.6) is 0 Å². The van der Waals surface area contributed by atoms with Crippen molar-refractivity contribution in [3.63, 3.8) is 0 Å². The summed E-state index contributed by atoms with van der Waals surface area (Å²) < 4.78 is 4.82. The van der Waals surface area contributed by atoms with Crippen molar-refractivity contribution in [2.45, 2.75) is 0 Å². The number of benzene rings is 9. The summed E-state index contributed by atoms with van der Waals surface area (Å²) >= 11 is 1.92. The fourth-order valence-corrected chi connectivity index (χ4v) is 23.0. The first-order chi connectivity index (χ1) is 34.2. The van der Waals surface area contributed by atoms with E-state index in [0.717, 1.165) is 49.5 Å². The molecule has 0 N–H and O–H groups in total. The predicted octanol–water partition coefficient (Wildman–Crippen LogP) is 9.54. The van der Waals surface area contributed by atoms with Crippen molar-refractivity contribution in [2.75, 3.05) is 4.90 Å². The summed E-state index contributed by atoms with van der Waals surface area (Å²) in [5, 5.41) is 16.0. The van der Waals surface area contributed by atoms with Crippen molar-refractivity contribution in [1.29, 1.82) is 0 Å². The Morgan fingerprint density at radius 2 is 1.09 bits per heavy atom. The molecular formula is C62H40N4PtSSi2. The Morgan fingerprint density at radius 3 is 1.79 bits per heavy atom. The Kier molecular flexibility index (Phi) is 10.3. The van der Waals surface area contributed by atoms with E-state index in [1.54, 1.807) is 0 Å². The molecule has 0 saturated heterocycles. The van der Waals surface area contributed by atoms with E-state index in [1.807, 2.05) is 29.8 Å². The van der Waals surface area contributed by atoms with E-state index in [1.165, 1.54) is 56.7 Å². The third-order valence-electron chi connectivity index (χ3n) is 14.5. The molecule has 4 nitrogen and oxygen atoms in total. The SMILES string of the molecule is [Pt+2].[c-]1c([Si](c2[c-]c3c(cc2)c2ccccc2n2ccnc32)(c2ccccc2)c2ccccc2)ccc2c1N(c1ccccn1)c1ccc3c(sc4ccccc43)c1[Si]2(c1ccccc1)c1ccccc1. The molecular weight excluding hydrogens is 1080 g/mol. The van der Waals surface area contributed by atoms with Crippen LogP contribution in [0, 0.1) is 12.1 Å². The number of pyridine rings is 2. The quantitative estimate of drug-likeness (QED) is 0.0691. The van der Waals surface area contributed by atoms with Crippen molar-refractivity contribution in [2.24, 2.45) is 0 Å². The first kappa shape index (κ1) is 42.6. The van der Waals surface area contributed by atoms with Crippen molar-refractivity contribution in [1.82, 2.24) is 14.4 Å². The summed E-state index contributed by atoms with van der Waals surface area (Å²) in [7, 11) is -6.46. The fraction of sp³-hybridized carbons (Fsp3) is 0. The molecule has 8 heteroatoms. The number of para-hydroxylation sites is 1. The minimum absolute atomic E-state index is 0. The molecule has 1 aliphatic rings. The van der Waals surface area contributed by atoms with Crippen LogP contribution in [0.1, 0.15) is 0 Å². The Balaban J connectivity index is 0.00000480. The Bertz CT molecular complexity index is 4010. The molecule has 1 aliphatic heterocycles. The van der Waals surface area contributed by atoms with E-state index in [9.17, 15) is 0 Å². The van der Waals surface area contributed by atoms with Gasteiger partial charge in [-0.05, 0) is 51.3 Å². The van der Waals surface area contributed by atoms with E-state index in [4.69, 9.17) is 9.97 Å². The average molecular weight is 1120 g/mol. The van der Waals surface area contributed by atoms with Crippen LogP contribution in [-0.2, 0) is 21.1 Å². The molecule has 0 unspecified atom stereocenters. The molecule has 70 heavy (non-hydrogen) atoms. The number of hydrogen-bond acceptors (Lipinski definition) is 4. The van der Waals surface area contributed by atoms with Crippen LogP contribution in [0.15, 0.2) is 243 Å². The van der Waals surface area contributed by atoms with Gasteiger partial charge in [-0.15, -0.1) is 45.3 Å². The zero-order valence-electron chi connectivity index (χ0n) is 37.6. The smallest absolute Gasteiger partial charge is 0.340 e. The Hall–Kier alpha value is -7.52. The first-order valence-electron chi connectivity index (χ1n) is 23.4. The second-order valence-corrected chi connectivity index (χ2v) is 26.3. The zero-order chi connectivity index (χ0) is 45.5. The zero-order valence-corrected chi connectivity index (χ0v) is 42.7. The van der Waals surface area contributed by atoms with Crippen LogP contribution in [-0.4, -0.2) is 30.5 Å². The molecule has 5 heterocycles. The van der Waals surface area contributed by atoms with Gasteiger partial charge in [0.2, 0.25) is 0 Å². The van der Waals surface area contributed by atoms with Gasteiger partial charge < -0.3 is 9.30 Å². The first-order valence-corrected chi connectivity index (χ1v) is 28.2. The largest absolute Gasteiger partial charge is 2.00 e. The normalized spacial score (nSPS) is 13.1. The average Bonchev–Trinajstić information content (AvgIpc) is 4.08. The van der Waals surface area contributed by atoms with Gasteiger partial charge >= 0.3 is 21.1 Å². The van der Waals surface area contributed by atoms with Gasteiger partial charge in [-0.25, -0.2) is 4.98 Å². The van der Waals surface area contributed by atoms with E-state index < -0.39 is 16.1 Å². The van der Waals surface area contributed by atoms with Crippen molar-refractivity contribution >= 4 is 134 Å². The van der Waals surface area contributed by atoms with E-state index in [-0.39, 0.29) is 21.1 Å². The second-order valence-electron chi connectivity index (χ2n) is 17.9. The number of thiophene rings is 1. The number of nitrogens with zero attached hydrogens (tertiary/aromatic N) is 4. The minimum atomic E-state index is -3.28. The number of imidazole rings is 1. The number of rotatable bonds is 7. The third kappa shape index (κ3) is 6.09. The van der Waals surface area contributed by atoms with Gasteiger partial charge in [0.1, 0.15) is 22.0 Å². The van der Waals surface area contributed by atoms with Gasteiger partial charge in [-0.1, -0.05) is 191 Å². The Labute approximate surface area is 426 Å². The van der Waals surface area contributed by atoms with Crippen molar-refractivity contribution < 1.29 is 21.1 Å². The van der Waals surface area contributed by atoms with Crippen molar-refractivity contribution in [3.05, 3.63) is 255 Å². The summed E-state index contributed by atoms with van der Waals surface area (Å²) in [5.41, 5.74) is 4.20. The Morgan fingerprint density at radius 1 is 0.486 bits per heavy atom. The minimum Gasteiger partial charge on any atom is -0.340 e. The number of aromatic nitrogens is 3. The molecule has 0 fully saturated rings. The van der Waals surface area contributed by atoms with Crippen LogP contribution in [0.3, 0.4) is 0 Å². The summed E-state index contributed by atoms with van der Waals surface area (Å²) in [6, 6.07) is 91.7. The maximum Gasteiger partial charge on any atom is 2.00 e. The monoisotopic (exact) mass is 1120 g/mol. The van der Waals surface area contributed by atoms with Gasteiger partial charge in [0.15, 0.2) is 0 Å². The van der Waals surface area contributed by atoms with Crippen LogP contribution < -0.4 is 46.4 Å². The predicted molar refractivity (Wildman–Crippen MR) is 294 cm³/mol. The van der Waals surface area contributed by atoms with E-state index >= 15 is 0 Å². The van der Waals surface area contributed by atoms with E-state index in [2.05, 4.69) is 246 Å². The molecule has 0 saturated carbocycles. The van der Waals surface area contributed by atoms with Gasteiger partial charge in [-0.2, -0.15) is 23.4 Å². The molecule has 0 aliphatic carbocycles. The molecule has 0 bridgehead atoms. The maximum atomic E-state index is 5.19. The summed E-state index contributed by atoms with van der Waals surface area (Å²) in [6.45, 7) is 0. The molecule has 14 rings (SSSR count). The van der Waals surface area contributed by atoms with Gasteiger partial charge in [0.05, 0.1) is 5.65 Å². The van der Waals surface area contributed by atoms with Crippen LogP contribution in [0.2, 0.25) is 0 Å². The van der Waals surface area contributed by atoms with Crippen LogP contribution in [0.4, 0.5) is 17.2 Å². The maximum absolute atomic E-state index is 5.19. The van der Waals surface area contributed by atoms with Crippen LogP contribution in [0.25, 0.3) is 47.5 Å². The molecule has 4 aromatic heterocycles. The molecule has 332 valence electrons. The number of anilines is 3. The molecule has 0 amide bonds. The molecule has 0 spiro atoms. The molecule has 0 atom stereocenters. The summed E-state index contributed by atoms with van der Waals surface area (Å²) in [4.78, 5) is 12.6. The standard InChI is InChI=1S/C62H40N4SSi2.Pt/c1-5-19-43(20-6-1)68(44-21-7-2-8-22-44,47-32-34-49-50-27-13-15-29-54(50)65-40-39-64-62(65)53(49)41-47)48-33-37-58-56(42-48)66(59-31-17-18-38-63-59)55-36-35-52-51-28-14-16-30-57(51)67-60(52)61(55)69(58,45-23-9-3-10-24-45)46-25-11-4-12-26-46;/h1-40H;/q-2;+2. The summed E-state index contributed by atoms with van der Waals surface area (Å²) in [6.07, 6.45) is 5.89. The second kappa shape index (κ2) is 16.9. The van der Waals surface area contributed by atoms with E-state index in [0.29, 0.717) is 0 Å². The number of fused-ring (bicyclic) bond motifs is 12. The fourth-order valence-electron chi connectivity index (χ4n) is 11.6. The van der Waals surface area contributed by atoms with Gasteiger partial charge in [-0.3, -0.25) is 4.98 Å². The van der Waals surface area contributed by atoms with Crippen LogP contribution >= 0.6 is 11.3 Å². The molecule has 13 aromatic rings. The van der Waals surface area contributed by atoms with Crippen molar-refractivity contribution in [3.8, 4) is 0 Å². The number of hydrogen-bond donors (Lipinski definition) is 0. The van der Waals surface area contributed by atoms with Gasteiger partial charge in [0, 0.05) is 50.0 Å². The molecule has 9 aromatic carbocycles. The molecule has 0 radical (unpaired) electrons. The topological polar surface area (TPSA) is 33.4 Å². The van der Waals surface area contributed by atoms with Gasteiger partial charge in [0.25, 0.3) is 0 Å².